The zero-order valence-corrected chi connectivity index (χ0v) is 17.3. The van der Waals surface area contributed by atoms with Gasteiger partial charge in [-0.3, -0.25) is 9.69 Å². The number of ether oxygens (including phenoxy) is 1. The fourth-order valence-electron chi connectivity index (χ4n) is 3.70. The summed E-state index contributed by atoms with van der Waals surface area (Å²) < 4.78 is 5.07. The van der Waals surface area contributed by atoms with Gasteiger partial charge in [0, 0.05) is 56.6 Å². The average Bonchev–Trinajstić information content (AvgIpc) is 3.28. The summed E-state index contributed by atoms with van der Waals surface area (Å²) in [6.07, 6.45) is 6.66. The predicted molar refractivity (Wildman–Crippen MR) is 113 cm³/mol. The molecule has 0 aromatic carbocycles. The highest BCUT2D eigenvalue weighted by atomic mass is 32.1. The van der Waals surface area contributed by atoms with Crippen molar-refractivity contribution in [2.24, 2.45) is 0 Å². The van der Waals surface area contributed by atoms with Crippen LogP contribution in [0.15, 0.2) is 40.8 Å². The molecular weight excluding hydrogens is 386 g/mol. The lowest BCUT2D eigenvalue weighted by Crippen LogP contribution is -2.34. The van der Waals surface area contributed by atoms with Crippen molar-refractivity contribution < 1.29 is 4.74 Å². The van der Waals surface area contributed by atoms with E-state index >= 15 is 0 Å². The van der Waals surface area contributed by atoms with Gasteiger partial charge in [-0.05, 0) is 30.8 Å². The summed E-state index contributed by atoms with van der Waals surface area (Å²) >= 11 is 1.58. The molecule has 0 aliphatic carbocycles. The van der Waals surface area contributed by atoms with Gasteiger partial charge in [0.1, 0.15) is 11.6 Å². The summed E-state index contributed by atoms with van der Waals surface area (Å²) in [5.41, 5.74) is 1.90. The molecule has 0 radical (unpaired) electrons. The Hall–Kier alpha value is -2.42. The molecule has 0 unspecified atom stereocenters. The van der Waals surface area contributed by atoms with Crippen molar-refractivity contribution in [2.45, 2.75) is 31.7 Å². The average molecular weight is 412 g/mol. The summed E-state index contributed by atoms with van der Waals surface area (Å²) in [5, 5.41) is 1.99. The molecule has 0 saturated carbocycles. The lowest BCUT2D eigenvalue weighted by molar-refractivity contribution is 0.197. The molecule has 8 heteroatoms. The maximum Gasteiger partial charge on any atom is 0.251 e. The number of methoxy groups -OCH3 is 1. The Kier molecular flexibility index (Phi) is 6.43. The zero-order valence-electron chi connectivity index (χ0n) is 16.5. The zero-order chi connectivity index (χ0) is 20.1. The van der Waals surface area contributed by atoms with E-state index in [4.69, 9.17) is 9.72 Å². The molecule has 4 heterocycles. The van der Waals surface area contributed by atoms with Crippen LogP contribution in [0.25, 0.3) is 10.7 Å². The highest BCUT2D eigenvalue weighted by Crippen LogP contribution is 2.28. The van der Waals surface area contributed by atoms with Crippen LogP contribution in [-0.4, -0.2) is 51.6 Å². The third-order valence-electron chi connectivity index (χ3n) is 5.13. The standard InChI is InChI=1S/C21H25N5O2S/c1-28-8-6-19-22-11-15(12-23-19)13-26-7-2-4-16(14-26)17-10-20(27)25-21(24-17)18-5-3-9-29-18/h3,5,9-12,16H,2,4,6-8,13-14H2,1H3,(H,24,25,27)/t16-/m1/s1. The molecule has 29 heavy (non-hydrogen) atoms. The molecule has 0 spiro atoms. The SMILES string of the molecule is COCCc1ncc(CN2CCC[C@@H](c3cc(=O)[nH]c(-c4cccs4)n3)C2)cn1. The Balaban J connectivity index is 1.44. The number of rotatable bonds is 7. The molecule has 1 fully saturated rings. The molecule has 4 rings (SSSR count). The molecule has 0 bridgehead atoms. The van der Waals surface area contributed by atoms with E-state index < -0.39 is 0 Å². The summed E-state index contributed by atoms with van der Waals surface area (Å²) in [6.45, 7) is 3.35. The number of hydrogen-bond acceptors (Lipinski definition) is 7. The molecule has 1 aliphatic heterocycles. The van der Waals surface area contributed by atoms with Crippen LogP contribution in [0.1, 0.15) is 35.8 Å². The number of nitrogens with one attached hydrogen (secondary N) is 1. The van der Waals surface area contributed by atoms with Crippen LogP contribution >= 0.6 is 11.3 Å². The molecule has 3 aromatic heterocycles. The second-order valence-corrected chi connectivity index (χ2v) is 8.27. The fourth-order valence-corrected chi connectivity index (χ4v) is 4.37. The smallest absolute Gasteiger partial charge is 0.251 e. The summed E-state index contributed by atoms with van der Waals surface area (Å²) in [6, 6.07) is 5.60. The number of nitrogens with zero attached hydrogens (tertiary/aromatic N) is 4. The van der Waals surface area contributed by atoms with Crippen molar-refractivity contribution in [3.8, 4) is 10.7 Å². The minimum atomic E-state index is -0.0874. The van der Waals surface area contributed by atoms with E-state index in [1.54, 1.807) is 24.5 Å². The Labute approximate surface area is 173 Å². The lowest BCUT2D eigenvalue weighted by Gasteiger charge is -2.32. The minimum absolute atomic E-state index is 0.0874. The Morgan fingerprint density at radius 1 is 1.34 bits per heavy atom. The minimum Gasteiger partial charge on any atom is -0.384 e. The van der Waals surface area contributed by atoms with Crippen molar-refractivity contribution in [3.63, 3.8) is 0 Å². The van der Waals surface area contributed by atoms with Crippen molar-refractivity contribution in [1.82, 2.24) is 24.8 Å². The van der Waals surface area contributed by atoms with Crippen molar-refractivity contribution >= 4 is 11.3 Å². The highest BCUT2D eigenvalue weighted by molar-refractivity contribution is 7.13. The van der Waals surface area contributed by atoms with Crippen LogP contribution in [0, 0.1) is 0 Å². The van der Waals surface area contributed by atoms with Crippen molar-refractivity contribution in [1.29, 1.82) is 0 Å². The number of piperidine rings is 1. The van der Waals surface area contributed by atoms with Gasteiger partial charge in [-0.2, -0.15) is 0 Å². The van der Waals surface area contributed by atoms with Gasteiger partial charge in [-0.15, -0.1) is 11.3 Å². The van der Waals surface area contributed by atoms with E-state index in [0.717, 1.165) is 60.9 Å². The van der Waals surface area contributed by atoms with Gasteiger partial charge < -0.3 is 9.72 Å². The molecule has 152 valence electrons. The van der Waals surface area contributed by atoms with E-state index in [9.17, 15) is 4.79 Å². The third-order valence-corrected chi connectivity index (χ3v) is 6.01. The molecular formula is C21H25N5O2S. The van der Waals surface area contributed by atoms with Crippen LogP contribution in [-0.2, 0) is 17.7 Å². The normalized spacial score (nSPS) is 17.5. The van der Waals surface area contributed by atoms with Gasteiger partial charge in [0.2, 0.25) is 0 Å². The second kappa shape index (κ2) is 9.39. The quantitative estimate of drug-likeness (QED) is 0.644. The van der Waals surface area contributed by atoms with E-state index in [0.29, 0.717) is 12.4 Å². The number of likely N-dealkylation sites (tertiary alicyclic amines) is 1. The lowest BCUT2D eigenvalue weighted by atomic mass is 9.94. The van der Waals surface area contributed by atoms with Gasteiger partial charge in [-0.1, -0.05) is 6.07 Å². The first-order valence-electron chi connectivity index (χ1n) is 9.87. The van der Waals surface area contributed by atoms with Crippen LogP contribution in [0.4, 0.5) is 0 Å². The fraction of sp³-hybridized carbons (Fsp3) is 0.429. The van der Waals surface area contributed by atoms with Crippen LogP contribution in [0.2, 0.25) is 0 Å². The second-order valence-electron chi connectivity index (χ2n) is 7.32. The molecule has 0 amide bonds. The third kappa shape index (κ3) is 5.14. The predicted octanol–water partition coefficient (Wildman–Crippen LogP) is 2.86. The largest absolute Gasteiger partial charge is 0.384 e. The Bertz CT molecular complexity index is 971. The Morgan fingerprint density at radius 2 is 2.21 bits per heavy atom. The number of aromatic nitrogens is 4. The van der Waals surface area contributed by atoms with Gasteiger partial charge in [0.05, 0.1) is 17.2 Å². The van der Waals surface area contributed by atoms with Gasteiger partial charge >= 0.3 is 0 Å². The van der Waals surface area contributed by atoms with Crippen LogP contribution in [0.3, 0.4) is 0 Å². The molecule has 1 atom stereocenters. The van der Waals surface area contributed by atoms with Crippen LogP contribution < -0.4 is 5.56 Å². The first kappa shape index (κ1) is 19.9. The van der Waals surface area contributed by atoms with Crippen molar-refractivity contribution in [3.05, 3.63) is 63.4 Å². The summed E-state index contributed by atoms with van der Waals surface area (Å²) in [7, 11) is 1.68. The molecule has 1 N–H and O–H groups in total. The molecule has 7 nitrogen and oxygen atoms in total. The topological polar surface area (TPSA) is 84.0 Å². The summed E-state index contributed by atoms with van der Waals surface area (Å²) in [5.74, 6) is 1.73. The van der Waals surface area contributed by atoms with Crippen LogP contribution in [0.5, 0.6) is 0 Å². The molecule has 1 aliphatic rings. The molecule has 3 aromatic rings. The van der Waals surface area contributed by atoms with E-state index in [-0.39, 0.29) is 11.5 Å². The van der Waals surface area contributed by atoms with Crippen molar-refractivity contribution in [2.75, 3.05) is 26.8 Å². The molecule has 1 saturated heterocycles. The monoisotopic (exact) mass is 411 g/mol. The van der Waals surface area contributed by atoms with E-state index in [2.05, 4.69) is 19.9 Å². The first-order valence-corrected chi connectivity index (χ1v) is 10.8. The maximum absolute atomic E-state index is 12.2. The number of thiophene rings is 1. The highest BCUT2D eigenvalue weighted by Gasteiger charge is 2.23. The number of aromatic amines is 1. The van der Waals surface area contributed by atoms with E-state index in [1.807, 2.05) is 29.9 Å². The van der Waals surface area contributed by atoms with Gasteiger partial charge in [0.15, 0.2) is 0 Å². The maximum atomic E-state index is 12.2. The number of H-pyrrole nitrogens is 1. The summed E-state index contributed by atoms with van der Waals surface area (Å²) in [4.78, 5) is 32.1. The number of hydrogen-bond donors (Lipinski definition) is 1. The Morgan fingerprint density at radius 3 is 2.97 bits per heavy atom. The first-order chi connectivity index (χ1) is 14.2. The van der Waals surface area contributed by atoms with E-state index in [1.165, 1.54) is 0 Å². The van der Waals surface area contributed by atoms with Gasteiger partial charge in [-0.25, -0.2) is 15.0 Å². The van der Waals surface area contributed by atoms with Gasteiger partial charge in [0.25, 0.3) is 5.56 Å².